The number of rotatable bonds is 6. The Balaban J connectivity index is 1.70. The van der Waals surface area contributed by atoms with Crippen LogP contribution >= 0.6 is 11.3 Å². The summed E-state index contributed by atoms with van der Waals surface area (Å²) in [5, 5.41) is 14.9. The van der Waals surface area contributed by atoms with Crippen molar-refractivity contribution in [1.82, 2.24) is 19.9 Å². The van der Waals surface area contributed by atoms with Crippen molar-refractivity contribution >= 4 is 17.2 Å². The van der Waals surface area contributed by atoms with E-state index in [-0.39, 0.29) is 5.69 Å². The zero-order valence-corrected chi connectivity index (χ0v) is 17.4. The van der Waals surface area contributed by atoms with Crippen LogP contribution in [0, 0.1) is 13.8 Å². The number of hydrogen-bond donors (Lipinski definition) is 2. The summed E-state index contributed by atoms with van der Waals surface area (Å²) in [6.07, 6.45) is -3.24. The van der Waals surface area contributed by atoms with E-state index in [1.165, 1.54) is 30.8 Å². The summed E-state index contributed by atoms with van der Waals surface area (Å²) in [5.74, 6) is -1.14. The third kappa shape index (κ3) is 4.24. The van der Waals surface area contributed by atoms with Gasteiger partial charge in [0.1, 0.15) is 16.5 Å². The molecule has 10 heteroatoms. The van der Waals surface area contributed by atoms with Gasteiger partial charge in [-0.05, 0) is 19.4 Å². The summed E-state index contributed by atoms with van der Waals surface area (Å²) < 4.78 is 41.7. The van der Waals surface area contributed by atoms with Gasteiger partial charge in [-0.3, -0.25) is 4.79 Å². The van der Waals surface area contributed by atoms with Gasteiger partial charge in [-0.25, -0.2) is 9.97 Å². The van der Waals surface area contributed by atoms with Crippen LogP contribution in [0.5, 0.6) is 0 Å². The van der Waals surface area contributed by atoms with E-state index in [1.54, 1.807) is 5.38 Å². The largest absolute Gasteiger partial charge is 0.424 e. The minimum absolute atomic E-state index is 0.113. The highest BCUT2D eigenvalue weighted by atomic mass is 32.1. The normalized spacial score (nSPS) is 13.8. The second kappa shape index (κ2) is 8.19. The molecule has 6 nitrogen and oxygen atoms in total. The van der Waals surface area contributed by atoms with Gasteiger partial charge in [-0.1, -0.05) is 23.8 Å². The number of nitrogens with one attached hydrogen (secondary N) is 1. The lowest BCUT2D eigenvalue weighted by molar-refractivity contribution is -0.272. The topological polar surface area (TPSA) is 80.0 Å². The van der Waals surface area contributed by atoms with E-state index in [4.69, 9.17) is 0 Å². The van der Waals surface area contributed by atoms with E-state index >= 15 is 0 Å². The molecule has 2 heterocycles. The van der Waals surface area contributed by atoms with E-state index < -0.39 is 36.5 Å². The molecule has 0 aliphatic rings. The molecule has 3 aromatic rings. The third-order valence-electron chi connectivity index (χ3n) is 4.78. The molecular weight excluding hydrogens is 417 g/mol. The monoisotopic (exact) mass is 438 g/mol. The number of nitrogens with zero attached hydrogens (tertiary/aromatic N) is 3. The van der Waals surface area contributed by atoms with Gasteiger partial charge >= 0.3 is 6.18 Å². The van der Waals surface area contributed by atoms with Crippen LogP contribution in [0.15, 0.2) is 36.0 Å². The summed E-state index contributed by atoms with van der Waals surface area (Å²) in [6, 6.07) is 5.87. The number of halogens is 3. The smallest absolute Gasteiger partial charge is 0.374 e. The van der Waals surface area contributed by atoms with E-state index in [1.807, 2.05) is 32.0 Å². The minimum atomic E-state index is -4.95. The Kier molecular flexibility index (Phi) is 6.00. The molecule has 2 N–H and O–H groups in total. The van der Waals surface area contributed by atoms with E-state index in [2.05, 4.69) is 15.3 Å². The number of benzene rings is 1. The number of carbonyl (C=O) groups is 1. The lowest BCUT2D eigenvalue weighted by Crippen LogP contribution is -2.46. The third-order valence-corrected chi connectivity index (χ3v) is 5.66. The molecule has 30 heavy (non-hydrogen) atoms. The minimum Gasteiger partial charge on any atom is -0.374 e. The summed E-state index contributed by atoms with van der Waals surface area (Å²) >= 11 is 1.28. The van der Waals surface area contributed by atoms with Crippen LogP contribution in [0.25, 0.3) is 10.6 Å². The van der Waals surface area contributed by atoms with Gasteiger partial charge < -0.3 is 15.0 Å². The molecule has 0 bridgehead atoms. The number of amides is 1. The number of hydrogen-bond acceptors (Lipinski definition) is 5. The highest BCUT2D eigenvalue weighted by Crippen LogP contribution is 2.40. The van der Waals surface area contributed by atoms with Crippen LogP contribution in [0.3, 0.4) is 0 Å². The van der Waals surface area contributed by atoms with Gasteiger partial charge in [-0.2, -0.15) is 13.2 Å². The van der Waals surface area contributed by atoms with Gasteiger partial charge in [-0.15, -0.1) is 11.3 Å². The van der Waals surface area contributed by atoms with Gasteiger partial charge in [0.05, 0.1) is 0 Å². The van der Waals surface area contributed by atoms with Gasteiger partial charge in [0.25, 0.3) is 5.91 Å². The lowest BCUT2D eigenvalue weighted by atomic mass is 9.97. The molecule has 1 unspecified atom stereocenters. The van der Waals surface area contributed by atoms with Crippen molar-refractivity contribution in [2.24, 2.45) is 7.05 Å². The SMILES string of the molecule is Cc1ccc(-c2nc(C(=O)NCCC(O)(c3nccn3C)C(F)(F)F)cs2)c(C)c1. The Morgan fingerprint density at radius 1 is 1.30 bits per heavy atom. The van der Waals surface area contributed by atoms with E-state index in [0.717, 1.165) is 21.3 Å². The molecule has 0 fully saturated rings. The Morgan fingerprint density at radius 3 is 2.63 bits per heavy atom. The van der Waals surface area contributed by atoms with Crippen LogP contribution in [0.4, 0.5) is 13.2 Å². The first-order valence-electron chi connectivity index (χ1n) is 9.11. The quantitative estimate of drug-likeness (QED) is 0.615. The number of carbonyl (C=O) groups excluding carboxylic acids is 1. The van der Waals surface area contributed by atoms with Crippen molar-refractivity contribution in [2.45, 2.75) is 32.0 Å². The molecule has 160 valence electrons. The second-order valence-electron chi connectivity index (χ2n) is 7.08. The fraction of sp³-hybridized carbons (Fsp3) is 0.350. The van der Waals surface area contributed by atoms with E-state index in [9.17, 15) is 23.1 Å². The standard InChI is InChI=1S/C20H21F3N4O2S/c1-12-4-5-14(13(2)10-12)17-26-15(11-30-17)16(28)24-7-6-19(29,20(21,22)23)18-25-8-9-27(18)3/h4-5,8-11,29H,6-7H2,1-3H3,(H,24,28). The number of alkyl halides is 3. The van der Waals surface area contributed by atoms with Crippen LogP contribution in [0.1, 0.15) is 33.9 Å². The van der Waals surface area contributed by atoms with Crippen molar-refractivity contribution in [3.63, 3.8) is 0 Å². The predicted octanol–water partition coefficient (Wildman–Crippen LogP) is 3.73. The molecule has 0 aliphatic carbocycles. The Bertz CT molecular complexity index is 1060. The van der Waals surface area contributed by atoms with Crippen molar-refractivity contribution < 1.29 is 23.1 Å². The number of aliphatic hydroxyl groups is 1. The first-order chi connectivity index (χ1) is 14.0. The first-order valence-corrected chi connectivity index (χ1v) is 9.99. The number of thiazole rings is 1. The Hall–Kier alpha value is -2.72. The van der Waals surface area contributed by atoms with E-state index in [0.29, 0.717) is 5.01 Å². The first kappa shape index (κ1) is 22.0. The number of imidazole rings is 1. The molecule has 2 aromatic heterocycles. The maximum atomic E-state index is 13.5. The number of aryl methyl sites for hydroxylation is 3. The van der Waals surface area contributed by atoms with Crippen molar-refractivity contribution in [3.05, 3.63) is 58.6 Å². The number of aromatic nitrogens is 3. The van der Waals surface area contributed by atoms with Gasteiger partial charge in [0.15, 0.2) is 0 Å². The summed E-state index contributed by atoms with van der Waals surface area (Å²) in [6.45, 7) is 3.52. The van der Waals surface area contributed by atoms with Gasteiger partial charge in [0.2, 0.25) is 5.60 Å². The zero-order valence-electron chi connectivity index (χ0n) is 16.6. The maximum absolute atomic E-state index is 13.5. The highest BCUT2D eigenvalue weighted by molar-refractivity contribution is 7.13. The van der Waals surface area contributed by atoms with Crippen LogP contribution in [-0.2, 0) is 12.6 Å². The van der Waals surface area contributed by atoms with Crippen molar-refractivity contribution in [2.75, 3.05) is 6.54 Å². The summed E-state index contributed by atoms with van der Waals surface area (Å²) in [4.78, 5) is 20.3. The molecule has 0 saturated heterocycles. The molecule has 1 atom stereocenters. The summed E-state index contributed by atoms with van der Waals surface area (Å²) in [5.41, 5.74) is -0.0456. The fourth-order valence-corrected chi connectivity index (χ4v) is 4.04. The van der Waals surface area contributed by atoms with Gasteiger partial charge in [0, 0.05) is 43.4 Å². The molecule has 0 saturated carbocycles. The summed E-state index contributed by atoms with van der Waals surface area (Å²) in [7, 11) is 1.36. The molecule has 0 aliphatic heterocycles. The molecule has 0 radical (unpaired) electrons. The highest BCUT2D eigenvalue weighted by Gasteiger charge is 2.57. The average Bonchev–Trinajstić information content (AvgIpc) is 3.30. The van der Waals surface area contributed by atoms with Crippen LogP contribution in [-0.4, -0.2) is 38.3 Å². The predicted molar refractivity (Wildman–Crippen MR) is 107 cm³/mol. The second-order valence-corrected chi connectivity index (χ2v) is 7.94. The molecular formula is C20H21F3N4O2S. The Labute approximate surface area is 175 Å². The average molecular weight is 438 g/mol. The molecule has 1 aromatic carbocycles. The molecule has 3 rings (SSSR count). The fourth-order valence-electron chi connectivity index (χ4n) is 3.15. The molecule has 0 spiro atoms. The van der Waals surface area contributed by atoms with Crippen LogP contribution < -0.4 is 5.32 Å². The van der Waals surface area contributed by atoms with Crippen molar-refractivity contribution in [3.8, 4) is 10.6 Å². The van der Waals surface area contributed by atoms with Crippen LogP contribution in [0.2, 0.25) is 0 Å². The zero-order chi connectivity index (χ0) is 22.1. The van der Waals surface area contributed by atoms with Crippen molar-refractivity contribution in [1.29, 1.82) is 0 Å². The Morgan fingerprint density at radius 2 is 2.03 bits per heavy atom. The lowest BCUT2D eigenvalue weighted by Gasteiger charge is -2.29. The molecule has 1 amide bonds. The maximum Gasteiger partial charge on any atom is 0.424 e.